The van der Waals surface area contributed by atoms with E-state index >= 15 is 0 Å². The van der Waals surface area contributed by atoms with Crippen LogP contribution in [0.1, 0.15) is 36.5 Å². The number of piperidine rings is 1. The third-order valence-electron chi connectivity index (χ3n) is 5.25. The third-order valence-corrected chi connectivity index (χ3v) is 7.17. The lowest BCUT2D eigenvalue weighted by Gasteiger charge is -2.30. The number of nitrogens with zero attached hydrogens (tertiary/aromatic N) is 1. The van der Waals surface area contributed by atoms with Crippen LogP contribution >= 0.6 is 0 Å². The number of rotatable bonds is 5. The molecule has 1 aromatic rings. The highest BCUT2D eigenvalue weighted by Crippen LogP contribution is 2.30. The summed E-state index contributed by atoms with van der Waals surface area (Å²) in [6.45, 7) is 4.81. The number of sulfonamides is 1. The summed E-state index contributed by atoms with van der Waals surface area (Å²) in [6.07, 6.45) is 2.71. The molecule has 1 amide bonds. The van der Waals surface area contributed by atoms with Gasteiger partial charge in [-0.1, -0.05) is 6.92 Å². The van der Waals surface area contributed by atoms with Gasteiger partial charge in [-0.2, -0.15) is 4.31 Å². The minimum absolute atomic E-state index is 0.0389. The van der Waals surface area contributed by atoms with Crippen LogP contribution in [0.15, 0.2) is 23.1 Å². The van der Waals surface area contributed by atoms with Crippen LogP contribution in [0.2, 0.25) is 0 Å². The minimum atomic E-state index is -3.67. The smallest absolute Gasteiger partial charge is 0.251 e. The summed E-state index contributed by atoms with van der Waals surface area (Å²) >= 11 is 0. The second kappa shape index (κ2) is 7.94. The summed E-state index contributed by atoms with van der Waals surface area (Å²) in [5.41, 5.74) is 0.335. The summed E-state index contributed by atoms with van der Waals surface area (Å²) in [5.74, 6) is 0.387. The quantitative estimate of drug-likeness (QED) is 0.800. The normalized spacial score (nSPS) is 24.4. The lowest BCUT2D eigenvalue weighted by molar-refractivity contribution is 0.0915. The third kappa shape index (κ3) is 3.87. The van der Waals surface area contributed by atoms with Crippen molar-refractivity contribution in [3.8, 4) is 5.75 Å². The Morgan fingerprint density at radius 1 is 1.31 bits per heavy atom. The number of nitrogens with one attached hydrogen (secondary N) is 2. The summed E-state index contributed by atoms with van der Waals surface area (Å²) in [5, 5.41) is 6.30. The molecule has 0 bridgehead atoms. The van der Waals surface area contributed by atoms with E-state index in [1.165, 1.54) is 17.5 Å². The van der Waals surface area contributed by atoms with Crippen molar-refractivity contribution in [3.63, 3.8) is 0 Å². The predicted octanol–water partition coefficient (Wildman–Crippen LogP) is 1.21. The van der Waals surface area contributed by atoms with Crippen LogP contribution in [0, 0.1) is 5.92 Å². The molecule has 0 spiro atoms. The zero-order valence-corrected chi connectivity index (χ0v) is 16.1. The molecule has 2 unspecified atom stereocenters. The van der Waals surface area contributed by atoms with E-state index in [2.05, 4.69) is 17.6 Å². The van der Waals surface area contributed by atoms with Gasteiger partial charge in [0.2, 0.25) is 10.0 Å². The fourth-order valence-electron chi connectivity index (χ4n) is 3.52. The molecule has 144 valence electrons. The number of carbonyl (C=O) groups excluding carboxylic acids is 1. The van der Waals surface area contributed by atoms with Crippen molar-refractivity contribution in [2.75, 3.05) is 33.3 Å². The van der Waals surface area contributed by atoms with Crippen molar-refractivity contribution in [2.45, 2.75) is 37.1 Å². The summed E-state index contributed by atoms with van der Waals surface area (Å²) in [7, 11) is -2.23. The van der Waals surface area contributed by atoms with Crippen LogP contribution in [0.25, 0.3) is 0 Å². The van der Waals surface area contributed by atoms with Gasteiger partial charge in [-0.25, -0.2) is 8.42 Å². The van der Waals surface area contributed by atoms with Crippen LogP contribution in [0.5, 0.6) is 5.75 Å². The molecule has 2 N–H and O–H groups in total. The first-order chi connectivity index (χ1) is 12.4. The van der Waals surface area contributed by atoms with Gasteiger partial charge in [-0.3, -0.25) is 4.79 Å². The average molecular weight is 381 g/mol. The summed E-state index contributed by atoms with van der Waals surface area (Å²) < 4.78 is 32.6. The van der Waals surface area contributed by atoms with Crippen molar-refractivity contribution in [1.82, 2.24) is 14.9 Å². The van der Waals surface area contributed by atoms with Gasteiger partial charge in [0, 0.05) is 31.2 Å². The number of hydrogen-bond donors (Lipinski definition) is 2. The molecule has 2 heterocycles. The first kappa shape index (κ1) is 19.1. The fourth-order valence-corrected chi connectivity index (χ4v) is 5.22. The molecule has 0 aromatic heterocycles. The Labute approximate surface area is 155 Å². The van der Waals surface area contributed by atoms with E-state index in [1.54, 1.807) is 12.1 Å². The molecular formula is C18H27N3O4S. The number of benzene rings is 1. The Balaban J connectivity index is 1.86. The molecule has 3 rings (SSSR count). The van der Waals surface area contributed by atoms with Gasteiger partial charge in [0.05, 0.1) is 7.11 Å². The molecule has 0 saturated carbocycles. The fraction of sp³-hybridized carbons (Fsp3) is 0.611. The van der Waals surface area contributed by atoms with Crippen molar-refractivity contribution in [3.05, 3.63) is 23.8 Å². The molecule has 0 aliphatic carbocycles. The van der Waals surface area contributed by atoms with Crippen LogP contribution in [-0.4, -0.2) is 58.0 Å². The lowest BCUT2D eigenvalue weighted by Crippen LogP contribution is -2.50. The highest BCUT2D eigenvalue weighted by atomic mass is 32.2. The topological polar surface area (TPSA) is 87.7 Å². The second-order valence-corrected chi connectivity index (χ2v) is 8.93. The maximum absolute atomic E-state index is 12.9. The van der Waals surface area contributed by atoms with E-state index in [1.807, 2.05) is 0 Å². The Morgan fingerprint density at radius 2 is 2.04 bits per heavy atom. The monoisotopic (exact) mass is 381 g/mol. The number of ether oxygens (including phenoxy) is 1. The summed E-state index contributed by atoms with van der Waals surface area (Å²) in [4.78, 5) is 12.7. The van der Waals surface area contributed by atoms with Crippen molar-refractivity contribution in [1.29, 1.82) is 0 Å². The zero-order chi connectivity index (χ0) is 18.7. The van der Waals surface area contributed by atoms with E-state index in [4.69, 9.17) is 4.74 Å². The number of carbonyl (C=O) groups is 1. The average Bonchev–Trinajstić information content (AvgIpc) is 3.18. The van der Waals surface area contributed by atoms with E-state index < -0.39 is 10.0 Å². The molecule has 2 saturated heterocycles. The maximum atomic E-state index is 12.9. The van der Waals surface area contributed by atoms with E-state index in [0.29, 0.717) is 24.6 Å². The van der Waals surface area contributed by atoms with Crippen molar-refractivity contribution < 1.29 is 17.9 Å². The largest absolute Gasteiger partial charge is 0.495 e. The Bertz CT molecular complexity index is 760. The standard InChI is InChI=1S/C18H27N3O4S/c1-13-7-8-19-12-15(13)20-18(22)14-5-6-16(25-2)17(11-14)26(23,24)21-9-3-4-10-21/h5-6,11,13,15,19H,3-4,7-10,12H2,1-2H3,(H,20,22). The SMILES string of the molecule is COc1ccc(C(=O)NC2CNCCC2C)cc1S(=O)(=O)N1CCCC1. The molecule has 1 aromatic carbocycles. The maximum Gasteiger partial charge on any atom is 0.251 e. The van der Waals surface area contributed by atoms with Crippen LogP contribution in [0.4, 0.5) is 0 Å². The van der Waals surface area contributed by atoms with Crippen LogP contribution in [-0.2, 0) is 10.0 Å². The van der Waals surface area contributed by atoms with E-state index in [-0.39, 0.29) is 22.6 Å². The molecular weight excluding hydrogens is 354 g/mol. The first-order valence-corrected chi connectivity index (χ1v) is 10.6. The van der Waals surface area contributed by atoms with Gasteiger partial charge >= 0.3 is 0 Å². The van der Waals surface area contributed by atoms with E-state index in [9.17, 15) is 13.2 Å². The van der Waals surface area contributed by atoms with Crippen LogP contribution < -0.4 is 15.4 Å². The van der Waals surface area contributed by atoms with Gasteiger partial charge < -0.3 is 15.4 Å². The Hall–Kier alpha value is -1.64. The Kier molecular flexibility index (Phi) is 5.84. The second-order valence-electron chi connectivity index (χ2n) is 7.03. The van der Waals surface area contributed by atoms with Gasteiger partial charge in [0.25, 0.3) is 5.91 Å². The zero-order valence-electron chi connectivity index (χ0n) is 15.3. The molecule has 26 heavy (non-hydrogen) atoms. The van der Waals surface area contributed by atoms with E-state index in [0.717, 1.165) is 32.4 Å². The lowest BCUT2D eigenvalue weighted by atomic mass is 9.94. The molecule has 0 radical (unpaired) electrons. The molecule has 8 heteroatoms. The van der Waals surface area contributed by atoms with Gasteiger partial charge in [-0.05, 0) is 49.9 Å². The molecule has 7 nitrogen and oxygen atoms in total. The predicted molar refractivity (Wildman–Crippen MR) is 98.9 cm³/mol. The molecule has 2 atom stereocenters. The molecule has 2 aliphatic heterocycles. The molecule has 2 aliphatic rings. The summed E-state index contributed by atoms with van der Waals surface area (Å²) in [6, 6.07) is 4.64. The van der Waals surface area contributed by atoms with Crippen molar-refractivity contribution >= 4 is 15.9 Å². The molecule has 2 fully saturated rings. The van der Waals surface area contributed by atoms with Gasteiger partial charge in [-0.15, -0.1) is 0 Å². The van der Waals surface area contributed by atoms with Crippen LogP contribution in [0.3, 0.4) is 0 Å². The van der Waals surface area contributed by atoms with Gasteiger partial charge in [0.1, 0.15) is 10.6 Å². The highest BCUT2D eigenvalue weighted by Gasteiger charge is 2.31. The number of hydrogen-bond acceptors (Lipinski definition) is 5. The highest BCUT2D eigenvalue weighted by molar-refractivity contribution is 7.89. The van der Waals surface area contributed by atoms with Gasteiger partial charge in [0.15, 0.2) is 0 Å². The number of amides is 1. The Morgan fingerprint density at radius 3 is 2.69 bits per heavy atom. The number of methoxy groups -OCH3 is 1. The first-order valence-electron chi connectivity index (χ1n) is 9.13. The minimum Gasteiger partial charge on any atom is -0.495 e. The van der Waals surface area contributed by atoms with Crippen molar-refractivity contribution in [2.24, 2.45) is 5.92 Å².